The summed E-state index contributed by atoms with van der Waals surface area (Å²) in [4.78, 5) is 55.3. The van der Waals surface area contributed by atoms with E-state index in [9.17, 15) is 19.2 Å². The van der Waals surface area contributed by atoms with Crippen LogP contribution < -0.4 is 10.2 Å². The summed E-state index contributed by atoms with van der Waals surface area (Å²) in [5.74, 6) is -2.55. The highest BCUT2D eigenvalue weighted by molar-refractivity contribution is 6.23. The number of imide groups is 1. The Morgan fingerprint density at radius 1 is 0.750 bits per heavy atom. The van der Waals surface area contributed by atoms with Crippen LogP contribution in [0.2, 0.25) is 0 Å². The molecule has 2 saturated heterocycles. The Morgan fingerprint density at radius 3 is 1.95 bits per heavy atom. The first-order valence-corrected chi connectivity index (χ1v) is 14.2. The highest BCUT2D eigenvalue weighted by atomic mass is 16.6. The van der Waals surface area contributed by atoms with Gasteiger partial charge in [-0.3, -0.25) is 19.2 Å². The van der Waals surface area contributed by atoms with Crippen LogP contribution in [0, 0.1) is 35.5 Å². The number of nitrogens with zero attached hydrogens (tertiary/aromatic N) is 1. The summed E-state index contributed by atoms with van der Waals surface area (Å²) >= 11 is 0. The van der Waals surface area contributed by atoms with Crippen LogP contribution in [-0.2, 0) is 23.9 Å². The quantitative estimate of drug-likeness (QED) is 0.404. The van der Waals surface area contributed by atoms with Gasteiger partial charge in [0, 0.05) is 23.4 Å². The van der Waals surface area contributed by atoms with Gasteiger partial charge in [-0.15, -0.1) is 0 Å². The Bertz CT molecular complexity index is 1560. The first-order valence-electron chi connectivity index (χ1n) is 14.2. The van der Waals surface area contributed by atoms with Gasteiger partial charge in [-0.05, 0) is 59.2 Å². The van der Waals surface area contributed by atoms with Crippen molar-refractivity contribution in [3.63, 3.8) is 0 Å². The molecule has 1 N–H and O–H groups in total. The third kappa shape index (κ3) is 2.70. The lowest BCUT2D eigenvalue weighted by molar-refractivity contribution is -0.145. The van der Waals surface area contributed by atoms with E-state index >= 15 is 0 Å². The summed E-state index contributed by atoms with van der Waals surface area (Å²) in [6.45, 7) is 0. The second kappa shape index (κ2) is 7.68. The lowest BCUT2D eigenvalue weighted by Crippen LogP contribution is -2.41. The van der Waals surface area contributed by atoms with E-state index in [-0.39, 0.29) is 59.4 Å². The minimum Gasteiger partial charge on any atom is -0.462 e. The van der Waals surface area contributed by atoms with Crippen molar-refractivity contribution >= 4 is 35.1 Å². The molecule has 3 aromatic carbocycles. The lowest BCUT2D eigenvalue weighted by Gasteiger charge is -2.45. The summed E-state index contributed by atoms with van der Waals surface area (Å²) < 4.78 is 5.49. The number of carbonyl (C=O) groups excluding carboxylic acids is 4. The number of hydrogen-bond donors (Lipinski definition) is 1. The molecule has 2 aliphatic heterocycles. The van der Waals surface area contributed by atoms with Crippen molar-refractivity contribution in [3.05, 3.63) is 95.1 Å². The van der Waals surface area contributed by atoms with Gasteiger partial charge >= 0.3 is 5.97 Å². The number of ether oxygens (including phenoxy) is 1. The molecule has 0 spiro atoms. The molecule has 4 fully saturated rings. The maximum absolute atomic E-state index is 14.1. The van der Waals surface area contributed by atoms with Crippen molar-refractivity contribution in [1.82, 2.24) is 0 Å². The summed E-state index contributed by atoms with van der Waals surface area (Å²) in [7, 11) is 0. The molecule has 0 radical (unpaired) electrons. The molecule has 198 valence electrons. The van der Waals surface area contributed by atoms with Crippen molar-refractivity contribution in [2.75, 3.05) is 10.2 Å². The summed E-state index contributed by atoms with van der Waals surface area (Å²) in [6.07, 6.45) is 1.57. The Hall–Kier alpha value is -4.26. The van der Waals surface area contributed by atoms with Crippen molar-refractivity contribution in [3.8, 4) is 0 Å². The fourth-order valence-electron chi connectivity index (χ4n) is 9.24. The van der Waals surface area contributed by atoms with Gasteiger partial charge in [0.15, 0.2) is 0 Å². The number of fused-ring (bicyclic) bond motifs is 1. The van der Waals surface area contributed by atoms with E-state index in [0.29, 0.717) is 11.4 Å². The number of amides is 3. The second-order valence-corrected chi connectivity index (χ2v) is 12.2. The molecule has 3 amide bonds. The monoisotopic (exact) mass is 530 g/mol. The molecule has 0 aromatic heterocycles. The van der Waals surface area contributed by atoms with E-state index in [4.69, 9.17) is 4.74 Å². The van der Waals surface area contributed by atoms with Crippen LogP contribution in [0.5, 0.6) is 0 Å². The molecule has 7 atom stereocenters. The molecule has 2 heterocycles. The standard InChI is InChI=1S/C33H26N2O5/c36-30(24-15-12-22-23(13-15)40-33(39)27(22)24)34-16-6-5-7-17(14-16)35-31(37)28-25-18-8-1-2-9-19(18)26(29(28)32(35)38)21-11-4-3-10-20(21)25/h1-11,14-15,22-29H,12-13H2,(H,34,36)/t15-,22+,23-,24-,25?,26?,27-,28-,29+/m1/s1. The zero-order valence-corrected chi connectivity index (χ0v) is 21.5. The highest BCUT2D eigenvalue weighted by Gasteiger charge is 2.64. The number of rotatable bonds is 3. The first-order chi connectivity index (χ1) is 19.5. The number of esters is 1. The number of benzene rings is 3. The zero-order chi connectivity index (χ0) is 26.9. The molecule has 3 aromatic rings. The molecular formula is C33H26N2O5. The van der Waals surface area contributed by atoms with Crippen LogP contribution in [0.4, 0.5) is 11.4 Å². The van der Waals surface area contributed by atoms with E-state index in [1.165, 1.54) is 4.90 Å². The fourth-order valence-corrected chi connectivity index (χ4v) is 9.24. The first kappa shape index (κ1) is 22.5. The Balaban J connectivity index is 1.05. The predicted molar refractivity (Wildman–Crippen MR) is 144 cm³/mol. The van der Waals surface area contributed by atoms with Crippen LogP contribution in [0.15, 0.2) is 72.8 Å². The third-order valence-electron chi connectivity index (χ3n) is 10.6. The normalized spacial score (nSPS) is 35.5. The van der Waals surface area contributed by atoms with E-state index in [0.717, 1.165) is 35.1 Å². The maximum atomic E-state index is 14.1. The van der Waals surface area contributed by atoms with Crippen LogP contribution >= 0.6 is 0 Å². The van der Waals surface area contributed by atoms with E-state index in [1.807, 2.05) is 24.3 Å². The topological polar surface area (TPSA) is 92.8 Å². The van der Waals surface area contributed by atoms with Crippen molar-refractivity contribution in [1.29, 1.82) is 0 Å². The van der Waals surface area contributed by atoms with Gasteiger partial charge < -0.3 is 10.1 Å². The second-order valence-electron chi connectivity index (χ2n) is 12.2. The number of nitrogens with one attached hydrogen (secondary N) is 1. The van der Waals surface area contributed by atoms with Crippen molar-refractivity contribution in [2.24, 2.45) is 35.5 Å². The Kier molecular flexibility index (Phi) is 4.33. The van der Waals surface area contributed by atoms with Crippen molar-refractivity contribution in [2.45, 2.75) is 30.8 Å². The molecule has 10 rings (SSSR count). The average Bonchev–Trinajstić information content (AvgIpc) is 3.67. The zero-order valence-electron chi connectivity index (χ0n) is 21.5. The molecule has 5 aliphatic carbocycles. The average molecular weight is 531 g/mol. The maximum Gasteiger partial charge on any atom is 0.310 e. The summed E-state index contributed by atoms with van der Waals surface area (Å²) in [5.41, 5.74) is 5.51. The number of carbonyl (C=O) groups is 4. The number of anilines is 2. The number of hydrogen-bond acceptors (Lipinski definition) is 5. The Labute approximate surface area is 230 Å². The highest BCUT2D eigenvalue weighted by Crippen LogP contribution is 2.61. The minimum atomic E-state index is -0.462. The van der Waals surface area contributed by atoms with Gasteiger partial charge in [-0.1, -0.05) is 54.6 Å². The van der Waals surface area contributed by atoms with Gasteiger partial charge in [0.2, 0.25) is 17.7 Å². The largest absolute Gasteiger partial charge is 0.462 e. The van der Waals surface area contributed by atoms with Gasteiger partial charge in [-0.25, -0.2) is 4.90 Å². The lowest BCUT2D eigenvalue weighted by atomic mass is 9.55. The van der Waals surface area contributed by atoms with Gasteiger partial charge in [0.05, 0.1) is 29.4 Å². The molecule has 7 heteroatoms. The third-order valence-corrected chi connectivity index (χ3v) is 10.6. The van der Waals surface area contributed by atoms with Crippen LogP contribution in [0.25, 0.3) is 0 Å². The van der Waals surface area contributed by atoms with E-state index in [1.54, 1.807) is 24.3 Å². The molecule has 7 aliphatic rings. The van der Waals surface area contributed by atoms with E-state index < -0.39 is 17.8 Å². The van der Waals surface area contributed by atoms with Crippen molar-refractivity contribution < 1.29 is 23.9 Å². The van der Waals surface area contributed by atoms with Gasteiger partial charge in [0.1, 0.15) is 6.10 Å². The molecule has 2 saturated carbocycles. The molecular weight excluding hydrogens is 504 g/mol. The van der Waals surface area contributed by atoms with Crippen LogP contribution in [0.1, 0.15) is 46.9 Å². The SMILES string of the molecule is O=C(Nc1cccc(N2C(=O)[C@@H]3C4c5ccccc5C(c5ccccc54)[C@@H]3C2=O)c1)[C@@H]1[C@@H]2C[C@@H]3[C@H]1C(=O)O[C@@H]3C2. The predicted octanol–water partition coefficient (Wildman–Crippen LogP) is 4.22. The van der Waals surface area contributed by atoms with Gasteiger partial charge in [0.25, 0.3) is 0 Å². The Morgan fingerprint density at radius 2 is 1.35 bits per heavy atom. The minimum absolute atomic E-state index is 0.0295. The van der Waals surface area contributed by atoms with Gasteiger partial charge in [-0.2, -0.15) is 0 Å². The summed E-state index contributed by atoms with van der Waals surface area (Å²) in [5, 5.41) is 2.99. The molecule has 4 bridgehead atoms. The van der Waals surface area contributed by atoms with Crippen LogP contribution in [-0.4, -0.2) is 29.8 Å². The van der Waals surface area contributed by atoms with E-state index in [2.05, 4.69) is 29.6 Å². The van der Waals surface area contributed by atoms with Crippen LogP contribution in [0.3, 0.4) is 0 Å². The molecule has 40 heavy (non-hydrogen) atoms. The molecule has 7 nitrogen and oxygen atoms in total. The fraction of sp³-hybridized carbons (Fsp3) is 0.333. The molecule has 0 unspecified atom stereocenters. The smallest absolute Gasteiger partial charge is 0.310 e. The summed E-state index contributed by atoms with van der Waals surface area (Å²) in [6, 6.07) is 23.4.